The van der Waals surface area contributed by atoms with Crippen molar-refractivity contribution in [1.29, 1.82) is 0 Å². The van der Waals surface area contributed by atoms with Gasteiger partial charge in [0.1, 0.15) is 11.2 Å². The first-order valence-corrected chi connectivity index (χ1v) is 5.19. The summed E-state index contributed by atoms with van der Waals surface area (Å²) < 4.78 is 10.8. The Labute approximate surface area is 91.1 Å². The first-order chi connectivity index (χ1) is 7.92. The van der Waals surface area contributed by atoms with Gasteiger partial charge in [0, 0.05) is 10.8 Å². The van der Waals surface area contributed by atoms with Gasteiger partial charge < -0.3 is 8.83 Å². The lowest BCUT2D eigenvalue weighted by atomic mass is 10.1. The Hall–Kier alpha value is -2.22. The Kier molecular flexibility index (Phi) is 1.33. The SMILES string of the molecule is c1cc2cc3c(ccc4occc43)cc2o1. The predicted molar refractivity (Wildman–Crippen MR) is 63.5 cm³/mol. The summed E-state index contributed by atoms with van der Waals surface area (Å²) >= 11 is 0. The lowest BCUT2D eigenvalue weighted by Crippen LogP contribution is -1.73. The summed E-state index contributed by atoms with van der Waals surface area (Å²) in [5, 5.41) is 4.67. The van der Waals surface area contributed by atoms with E-state index in [2.05, 4.69) is 18.2 Å². The molecule has 2 aromatic heterocycles. The van der Waals surface area contributed by atoms with Crippen LogP contribution in [0.3, 0.4) is 0 Å². The van der Waals surface area contributed by atoms with Gasteiger partial charge in [0.2, 0.25) is 0 Å². The van der Waals surface area contributed by atoms with Crippen LogP contribution in [0.1, 0.15) is 0 Å². The Balaban J connectivity index is 2.33. The molecule has 0 saturated carbocycles. The van der Waals surface area contributed by atoms with Gasteiger partial charge in [-0.1, -0.05) is 6.07 Å². The van der Waals surface area contributed by atoms with Crippen LogP contribution in [0, 0.1) is 0 Å². The maximum absolute atomic E-state index is 5.40. The maximum Gasteiger partial charge on any atom is 0.134 e. The highest BCUT2D eigenvalue weighted by molar-refractivity contribution is 6.10. The molecule has 0 saturated heterocycles. The van der Waals surface area contributed by atoms with E-state index in [4.69, 9.17) is 8.83 Å². The lowest BCUT2D eigenvalue weighted by molar-refractivity contribution is 0.615. The van der Waals surface area contributed by atoms with E-state index < -0.39 is 0 Å². The van der Waals surface area contributed by atoms with Crippen molar-refractivity contribution < 1.29 is 8.83 Å². The van der Waals surface area contributed by atoms with Crippen molar-refractivity contribution in [3.63, 3.8) is 0 Å². The highest BCUT2D eigenvalue weighted by Gasteiger charge is 2.05. The van der Waals surface area contributed by atoms with Crippen molar-refractivity contribution in [2.45, 2.75) is 0 Å². The highest BCUT2D eigenvalue weighted by atomic mass is 16.3. The molecule has 0 aliphatic heterocycles. The second kappa shape index (κ2) is 2.67. The average Bonchev–Trinajstić information content (AvgIpc) is 2.94. The quantitative estimate of drug-likeness (QED) is 0.430. The molecule has 2 aromatic carbocycles. The first kappa shape index (κ1) is 7.99. The van der Waals surface area contributed by atoms with E-state index in [0.29, 0.717) is 0 Å². The van der Waals surface area contributed by atoms with Gasteiger partial charge in [0.25, 0.3) is 0 Å². The molecular weight excluding hydrogens is 200 g/mol. The number of furan rings is 2. The van der Waals surface area contributed by atoms with Crippen LogP contribution < -0.4 is 0 Å². The van der Waals surface area contributed by atoms with E-state index in [1.54, 1.807) is 12.5 Å². The van der Waals surface area contributed by atoms with Gasteiger partial charge in [-0.25, -0.2) is 0 Å². The van der Waals surface area contributed by atoms with Crippen LogP contribution in [0.4, 0.5) is 0 Å². The minimum Gasteiger partial charge on any atom is -0.464 e. The fourth-order valence-electron chi connectivity index (χ4n) is 2.23. The fourth-order valence-corrected chi connectivity index (χ4v) is 2.23. The average molecular weight is 208 g/mol. The molecule has 2 heteroatoms. The lowest BCUT2D eigenvalue weighted by Gasteiger charge is -1.99. The molecule has 0 aliphatic rings. The molecule has 4 rings (SSSR count). The maximum atomic E-state index is 5.40. The van der Waals surface area contributed by atoms with Gasteiger partial charge >= 0.3 is 0 Å². The van der Waals surface area contributed by atoms with E-state index >= 15 is 0 Å². The Morgan fingerprint density at radius 3 is 2.50 bits per heavy atom. The van der Waals surface area contributed by atoms with Gasteiger partial charge in [0.05, 0.1) is 12.5 Å². The van der Waals surface area contributed by atoms with E-state index in [1.807, 2.05) is 18.2 Å². The van der Waals surface area contributed by atoms with Crippen LogP contribution in [0.5, 0.6) is 0 Å². The zero-order chi connectivity index (χ0) is 10.5. The summed E-state index contributed by atoms with van der Waals surface area (Å²) in [5.41, 5.74) is 1.85. The van der Waals surface area contributed by atoms with E-state index in [9.17, 15) is 0 Å². The third-order valence-corrected chi connectivity index (χ3v) is 3.02. The van der Waals surface area contributed by atoms with Gasteiger partial charge in [0.15, 0.2) is 0 Å². The van der Waals surface area contributed by atoms with Crippen LogP contribution in [-0.4, -0.2) is 0 Å². The molecule has 0 N–H and O–H groups in total. The summed E-state index contributed by atoms with van der Waals surface area (Å²) in [6, 6.07) is 12.2. The monoisotopic (exact) mass is 208 g/mol. The van der Waals surface area contributed by atoms with Crippen LogP contribution in [0.15, 0.2) is 57.8 Å². The van der Waals surface area contributed by atoms with Crippen LogP contribution in [0.25, 0.3) is 32.7 Å². The molecule has 0 bridgehead atoms. The third-order valence-electron chi connectivity index (χ3n) is 3.02. The second-order valence-electron chi connectivity index (χ2n) is 3.93. The van der Waals surface area contributed by atoms with Crippen molar-refractivity contribution in [2.24, 2.45) is 0 Å². The summed E-state index contributed by atoms with van der Waals surface area (Å²) in [6.07, 6.45) is 3.44. The largest absolute Gasteiger partial charge is 0.464 e. The molecule has 0 amide bonds. The van der Waals surface area contributed by atoms with Crippen molar-refractivity contribution in [2.75, 3.05) is 0 Å². The van der Waals surface area contributed by atoms with E-state index in [1.165, 1.54) is 10.8 Å². The molecule has 76 valence electrons. The van der Waals surface area contributed by atoms with Crippen LogP contribution in [-0.2, 0) is 0 Å². The zero-order valence-corrected chi connectivity index (χ0v) is 8.44. The Bertz CT molecular complexity index is 804. The van der Waals surface area contributed by atoms with Gasteiger partial charge in [-0.05, 0) is 41.1 Å². The molecule has 0 spiro atoms. The second-order valence-corrected chi connectivity index (χ2v) is 3.93. The fraction of sp³-hybridized carbons (Fsp3) is 0. The molecule has 2 heterocycles. The van der Waals surface area contributed by atoms with Gasteiger partial charge in [-0.3, -0.25) is 0 Å². The Morgan fingerprint density at radius 2 is 1.50 bits per heavy atom. The first-order valence-electron chi connectivity index (χ1n) is 5.19. The summed E-state index contributed by atoms with van der Waals surface area (Å²) in [4.78, 5) is 0. The number of hydrogen-bond acceptors (Lipinski definition) is 2. The van der Waals surface area contributed by atoms with E-state index in [-0.39, 0.29) is 0 Å². The molecule has 0 unspecified atom stereocenters. The van der Waals surface area contributed by atoms with E-state index in [0.717, 1.165) is 21.9 Å². The number of benzene rings is 2. The molecule has 2 nitrogen and oxygen atoms in total. The third kappa shape index (κ3) is 0.910. The summed E-state index contributed by atoms with van der Waals surface area (Å²) in [7, 11) is 0. The van der Waals surface area contributed by atoms with Crippen molar-refractivity contribution >= 4 is 32.7 Å². The molecule has 16 heavy (non-hydrogen) atoms. The zero-order valence-electron chi connectivity index (χ0n) is 8.44. The normalized spacial score (nSPS) is 11.8. The molecule has 0 radical (unpaired) electrons. The summed E-state index contributed by atoms with van der Waals surface area (Å²) in [6.45, 7) is 0. The number of hydrogen-bond donors (Lipinski definition) is 0. The Morgan fingerprint density at radius 1 is 0.625 bits per heavy atom. The van der Waals surface area contributed by atoms with Crippen molar-refractivity contribution in [3.8, 4) is 0 Å². The minimum atomic E-state index is 0.926. The molecule has 0 atom stereocenters. The number of fused-ring (bicyclic) bond motifs is 4. The summed E-state index contributed by atoms with van der Waals surface area (Å²) in [5.74, 6) is 0. The molecular formula is C14H8O2. The van der Waals surface area contributed by atoms with Crippen LogP contribution in [0.2, 0.25) is 0 Å². The molecule has 0 fully saturated rings. The minimum absolute atomic E-state index is 0.926. The van der Waals surface area contributed by atoms with Crippen LogP contribution >= 0.6 is 0 Å². The van der Waals surface area contributed by atoms with Crippen molar-refractivity contribution in [1.82, 2.24) is 0 Å². The topological polar surface area (TPSA) is 26.3 Å². The molecule has 4 aromatic rings. The van der Waals surface area contributed by atoms with Gasteiger partial charge in [-0.15, -0.1) is 0 Å². The molecule has 0 aliphatic carbocycles. The smallest absolute Gasteiger partial charge is 0.134 e. The van der Waals surface area contributed by atoms with Gasteiger partial charge in [-0.2, -0.15) is 0 Å². The standard InChI is InChI=1S/C14H8O2/c1-2-13-11(4-6-15-13)12-7-10-3-5-16-14(10)8-9(1)12/h1-8H. The number of rotatable bonds is 0. The highest BCUT2D eigenvalue weighted by Crippen LogP contribution is 2.30. The van der Waals surface area contributed by atoms with Crippen molar-refractivity contribution in [3.05, 3.63) is 48.9 Å². The predicted octanol–water partition coefficient (Wildman–Crippen LogP) is 4.33.